The Kier molecular flexibility index (Phi) is 3.90. The summed E-state index contributed by atoms with van der Waals surface area (Å²) in [5, 5.41) is 0. The molecule has 9 heteroatoms. The van der Waals surface area contributed by atoms with E-state index in [9.17, 15) is 31.1 Å². The second-order valence-corrected chi connectivity index (χ2v) is 4.17. The number of aromatic amines is 1. The monoisotopic (exact) mass is 323 g/mol. The van der Waals surface area contributed by atoms with Gasteiger partial charge in [-0.15, -0.1) is 13.2 Å². The molecule has 1 aromatic heterocycles. The summed E-state index contributed by atoms with van der Waals surface area (Å²) in [6, 6.07) is 4.76. The summed E-state index contributed by atoms with van der Waals surface area (Å²) in [4.78, 5) is 13.3. The first-order valence-corrected chi connectivity index (χ1v) is 5.73. The summed E-state index contributed by atoms with van der Waals surface area (Å²) in [6.45, 7) is 0. The number of aromatic nitrogens is 1. The van der Waals surface area contributed by atoms with E-state index in [4.69, 9.17) is 0 Å². The molecule has 0 saturated heterocycles. The third-order valence-corrected chi connectivity index (χ3v) is 2.64. The Labute approximate surface area is 119 Å². The van der Waals surface area contributed by atoms with E-state index in [0.29, 0.717) is 0 Å². The van der Waals surface area contributed by atoms with Gasteiger partial charge in [-0.3, -0.25) is 4.79 Å². The minimum atomic E-state index is -4.90. The van der Waals surface area contributed by atoms with Crippen molar-refractivity contribution in [3.8, 4) is 16.9 Å². The van der Waals surface area contributed by atoms with Gasteiger partial charge in [-0.05, 0) is 23.8 Å². The Bertz CT molecular complexity index is 715. The van der Waals surface area contributed by atoms with Crippen LogP contribution in [0.1, 0.15) is 5.56 Å². The fraction of sp³-hybridized carbons (Fsp3) is 0.154. The van der Waals surface area contributed by atoms with Crippen LogP contribution in [0.2, 0.25) is 0 Å². The number of ether oxygens (including phenoxy) is 1. The number of halogens is 6. The summed E-state index contributed by atoms with van der Waals surface area (Å²) in [6.07, 6.45) is -8.78. The third-order valence-electron chi connectivity index (χ3n) is 2.64. The molecule has 1 heterocycles. The summed E-state index contributed by atoms with van der Waals surface area (Å²) in [5.41, 5.74) is -3.25. The smallest absolute Gasteiger partial charge is 0.406 e. The van der Waals surface area contributed by atoms with Crippen LogP contribution in [0, 0.1) is 0 Å². The van der Waals surface area contributed by atoms with Gasteiger partial charge in [-0.2, -0.15) is 13.2 Å². The Hall–Kier alpha value is -2.45. The molecule has 0 aliphatic carbocycles. The van der Waals surface area contributed by atoms with Crippen LogP contribution >= 0.6 is 0 Å². The van der Waals surface area contributed by atoms with E-state index in [0.717, 1.165) is 36.5 Å². The molecule has 0 aliphatic heterocycles. The van der Waals surface area contributed by atoms with Crippen molar-refractivity contribution in [1.82, 2.24) is 4.98 Å². The van der Waals surface area contributed by atoms with Gasteiger partial charge < -0.3 is 9.72 Å². The number of benzene rings is 1. The van der Waals surface area contributed by atoms with Crippen LogP contribution in [-0.4, -0.2) is 11.3 Å². The fourth-order valence-electron chi connectivity index (χ4n) is 1.84. The predicted octanol–water partition coefficient (Wildman–Crippen LogP) is 3.96. The summed E-state index contributed by atoms with van der Waals surface area (Å²) >= 11 is 0. The van der Waals surface area contributed by atoms with Crippen molar-refractivity contribution in [3.05, 3.63) is 52.4 Å². The molecule has 118 valence electrons. The van der Waals surface area contributed by atoms with Gasteiger partial charge in [0.15, 0.2) is 0 Å². The van der Waals surface area contributed by atoms with Crippen molar-refractivity contribution in [1.29, 1.82) is 0 Å². The van der Waals surface area contributed by atoms with Gasteiger partial charge in [0.25, 0.3) is 5.56 Å². The zero-order valence-electron chi connectivity index (χ0n) is 10.5. The molecule has 0 amide bonds. The molecule has 0 aliphatic rings. The number of rotatable bonds is 2. The fourth-order valence-corrected chi connectivity index (χ4v) is 1.84. The summed E-state index contributed by atoms with van der Waals surface area (Å²) < 4.78 is 78.4. The highest BCUT2D eigenvalue weighted by atomic mass is 19.4. The molecule has 0 saturated carbocycles. The highest BCUT2D eigenvalue weighted by Gasteiger charge is 2.37. The van der Waals surface area contributed by atoms with Gasteiger partial charge in [0.1, 0.15) is 11.3 Å². The van der Waals surface area contributed by atoms with Crippen molar-refractivity contribution < 1.29 is 31.1 Å². The number of hydrogen-bond acceptors (Lipinski definition) is 2. The molecule has 0 bridgehead atoms. The highest BCUT2D eigenvalue weighted by molar-refractivity contribution is 5.68. The van der Waals surface area contributed by atoms with Gasteiger partial charge in [-0.25, -0.2) is 0 Å². The maximum absolute atomic E-state index is 12.9. The molecule has 1 N–H and O–H groups in total. The second kappa shape index (κ2) is 5.39. The molecule has 3 nitrogen and oxygen atoms in total. The van der Waals surface area contributed by atoms with E-state index >= 15 is 0 Å². The lowest BCUT2D eigenvalue weighted by molar-refractivity contribution is -0.274. The van der Waals surface area contributed by atoms with Crippen LogP contribution in [0.25, 0.3) is 11.1 Å². The van der Waals surface area contributed by atoms with Crippen molar-refractivity contribution in [2.75, 3.05) is 0 Å². The van der Waals surface area contributed by atoms with Gasteiger partial charge in [0, 0.05) is 11.8 Å². The van der Waals surface area contributed by atoms with Crippen LogP contribution in [0.3, 0.4) is 0 Å². The number of nitrogens with one attached hydrogen (secondary N) is 1. The molecule has 0 atom stereocenters. The van der Waals surface area contributed by atoms with Crippen molar-refractivity contribution in [2.24, 2.45) is 0 Å². The van der Waals surface area contributed by atoms with Crippen LogP contribution in [0.5, 0.6) is 5.75 Å². The normalized spacial score (nSPS) is 12.3. The Morgan fingerprint density at radius 1 is 0.909 bits per heavy atom. The third kappa shape index (κ3) is 3.60. The first-order chi connectivity index (χ1) is 10.1. The quantitative estimate of drug-likeness (QED) is 0.850. The van der Waals surface area contributed by atoms with Crippen LogP contribution in [0.4, 0.5) is 26.3 Å². The second-order valence-electron chi connectivity index (χ2n) is 4.17. The highest BCUT2D eigenvalue weighted by Crippen LogP contribution is 2.35. The zero-order valence-corrected chi connectivity index (χ0v) is 10.5. The number of alkyl halides is 6. The SMILES string of the molecule is O=c1[nH]ccc(-c2ccc(OC(F)(F)F)cc2)c1C(F)(F)F. The molecule has 1 aromatic carbocycles. The molecule has 0 radical (unpaired) electrons. The van der Waals surface area contributed by atoms with Gasteiger partial charge >= 0.3 is 12.5 Å². The van der Waals surface area contributed by atoms with E-state index in [1.807, 2.05) is 4.98 Å². The lowest BCUT2D eigenvalue weighted by Gasteiger charge is -2.12. The molecule has 0 spiro atoms. The van der Waals surface area contributed by atoms with Gasteiger partial charge in [-0.1, -0.05) is 12.1 Å². The number of hydrogen-bond donors (Lipinski definition) is 1. The van der Waals surface area contributed by atoms with Gasteiger partial charge in [0.2, 0.25) is 0 Å². The van der Waals surface area contributed by atoms with Crippen molar-refractivity contribution >= 4 is 0 Å². The molecule has 0 fully saturated rings. The van der Waals surface area contributed by atoms with E-state index in [-0.39, 0.29) is 5.56 Å². The molecule has 0 unspecified atom stereocenters. The Morgan fingerprint density at radius 3 is 2.00 bits per heavy atom. The van der Waals surface area contributed by atoms with Crippen molar-refractivity contribution in [2.45, 2.75) is 12.5 Å². The summed E-state index contributed by atoms with van der Waals surface area (Å²) in [5.74, 6) is -0.574. The summed E-state index contributed by atoms with van der Waals surface area (Å²) in [7, 11) is 0. The number of H-pyrrole nitrogens is 1. The molecular formula is C13H7F6NO2. The maximum Gasteiger partial charge on any atom is 0.573 e. The van der Waals surface area contributed by atoms with Crippen LogP contribution in [-0.2, 0) is 6.18 Å². The molecular weight excluding hydrogens is 316 g/mol. The Balaban J connectivity index is 2.46. The van der Waals surface area contributed by atoms with Crippen molar-refractivity contribution in [3.63, 3.8) is 0 Å². The minimum Gasteiger partial charge on any atom is -0.406 e. The van der Waals surface area contributed by atoms with E-state index < -0.39 is 35.0 Å². The minimum absolute atomic E-state index is 0.0621. The van der Waals surface area contributed by atoms with E-state index in [1.54, 1.807) is 0 Å². The topological polar surface area (TPSA) is 42.1 Å². The molecule has 22 heavy (non-hydrogen) atoms. The Morgan fingerprint density at radius 2 is 1.50 bits per heavy atom. The van der Waals surface area contributed by atoms with E-state index in [2.05, 4.69) is 4.74 Å². The largest absolute Gasteiger partial charge is 0.573 e. The zero-order chi connectivity index (χ0) is 16.5. The predicted molar refractivity (Wildman–Crippen MR) is 64.2 cm³/mol. The standard InChI is InChI=1S/C13H7F6NO2/c14-12(15,16)10-9(5-6-20-11(10)21)7-1-3-8(4-2-7)22-13(17,18)19/h1-6H,(H,20,21). The lowest BCUT2D eigenvalue weighted by Crippen LogP contribution is -2.22. The average Bonchev–Trinajstić information content (AvgIpc) is 2.36. The molecule has 2 rings (SSSR count). The molecule has 2 aromatic rings. The number of pyridine rings is 1. The van der Waals surface area contributed by atoms with Crippen LogP contribution < -0.4 is 10.3 Å². The van der Waals surface area contributed by atoms with E-state index in [1.165, 1.54) is 0 Å². The first kappa shape index (κ1) is 15.9. The van der Waals surface area contributed by atoms with Crippen LogP contribution in [0.15, 0.2) is 41.3 Å². The average molecular weight is 323 g/mol. The van der Waals surface area contributed by atoms with Gasteiger partial charge in [0.05, 0.1) is 0 Å². The lowest BCUT2D eigenvalue weighted by atomic mass is 10.0. The first-order valence-electron chi connectivity index (χ1n) is 5.73. The maximum atomic E-state index is 12.9.